The Morgan fingerprint density at radius 2 is 1.24 bits per heavy atom. The van der Waals surface area contributed by atoms with Gasteiger partial charge in [-0.2, -0.15) is 5.26 Å². The highest BCUT2D eigenvalue weighted by molar-refractivity contribution is 7.97. The topological polar surface area (TPSA) is 90.2 Å². The molecule has 0 aliphatic rings. The van der Waals surface area contributed by atoms with Crippen molar-refractivity contribution in [2.45, 2.75) is 52.5 Å². The fourth-order valence-electron chi connectivity index (χ4n) is 5.03. The Kier molecular flexibility index (Phi) is 8.79. The number of nitriles is 1. The first-order valence-corrected chi connectivity index (χ1v) is 14.3. The van der Waals surface area contributed by atoms with E-state index in [9.17, 15) is 20.0 Å². The van der Waals surface area contributed by atoms with E-state index in [1.165, 1.54) is 0 Å². The summed E-state index contributed by atoms with van der Waals surface area (Å²) >= 11 is 0. The fraction of sp³-hybridized carbons (Fsp3) is 0.290. The molecule has 0 aromatic heterocycles. The van der Waals surface area contributed by atoms with Crippen LogP contribution in [0.4, 0.5) is 4.79 Å². The van der Waals surface area contributed by atoms with Gasteiger partial charge < -0.3 is 10.4 Å². The summed E-state index contributed by atoms with van der Waals surface area (Å²) in [5, 5.41) is 26.1. The molecule has 1 unspecified atom stereocenters. The molecule has 0 aliphatic carbocycles. The van der Waals surface area contributed by atoms with Crippen molar-refractivity contribution >= 4 is 40.0 Å². The summed E-state index contributed by atoms with van der Waals surface area (Å²) in [5.41, 5.74) is -2.27. The number of unbranched alkanes of at least 4 members (excludes halogenated alkanes) is 1. The number of carbonyl (C=O) groups is 2. The molecule has 192 valence electrons. The Morgan fingerprint density at radius 3 is 1.54 bits per heavy atom. The predicted molar refractivity (Wildman–Crippen MR) is 154 cm³/mol. The lowest BCUT2D eigenvalue weighted by Crippen LogP contribution is -2.64. The van der Waals surface area contributed by atoms with Gasteiger partial charge in [-0.15, -0.1) is 0 Å². The van der Waals surface area contributed by atoms with Gasteiger partial charge in [0.15, 0.2) is 5.78 Å². The number of nitrogens with zero attached hydrogens (tertiary/aromatic N) is 1. The van der Waals surface area contributed by atoms with Crippen LogP contribution in [0, 0.1) is 16.7 Å². The number of carbonyl (C=O) groups excluding carboxylic acids is 1. The molecular weight excluding hydrogens is 479 g/mol. The molecule has 0 saturated heterocycles. The van der Waals surface area contributed by atoms with Crippen LogP contribution in [-0.4, -0.2) is 27.8 Å². The summed E-state index contributed by atoms with van der Waals surface area (Å²) in [6.07, 6.45) is 0.432. The molecule has 37 heavy (non-hydrogen) atoms. The molecule has 3 rings (SSSR count). The molecule has 3 aromatic rings. The van der Waals surface area contributed by atoms with Crippen molar-refractivity contribution in [1.29, 1.82) is 5.26 Å². The summed E-state index contributed by atoms with van der Waals surface area (Å²) < 4.78 is 0. The van der Waals surface area contributed by atoms with Gasteiger partial charge in [-0.3, -0.25) is 4.79 Å². The van der Waals surface area contributed by atoms with Crippen molar-refractivity contribution in [3.8, 4) is 6.07 Å². The third-order valence-corrected chi connectivity index (χ3v) is 11.2. The Hall–Kier alpha value is -3.61. The lowest BCUT2D eigenvalue weighted by atomic mass is 9.67. The minimum absolute atomic E-state index is 0.0934. The quantitative estimate of drug-likeness (QED) is 0.370. The van der Waals surface area contributed by atoms with Gasteiger partial charge in [0, 0.05) is 0 Å². The van der Waals surface area contributed by atoms with Crippen LogP contribution < -0.4 is 21.2 Å². The monoisotopic (exact) mass is 514 g/mol. The number of Topliss-reactive ketones (excluding diaryl/α,β-unsaturated/α-hetero) is 1. The van der Waals surface area contributed by atoms with Crippen LogP contribution in [0.25, 0.3) is 0 Å². The van der Waals surface area contributed by atoms with E-state index in [2.05, 4.69) is 11.4 Å². The standard InChI is InChI=1S/C31H35N2O3P/c1-5-6-22-31(30(2,3)4,33-29(35)36)28(34)27(23-32)37(24-16-10-7-11-17-24,25-18-12-8-13-19-25)26-20-14-9-15-21-26/h7-21,33H,5-6,22H2,1-4H3,(H,35,36). The van der Waals surface area contributed by atoms with E-state index in [0.29, 0.717) is 12.8 Å². The van der Waals surface area contributed by atoms with Crippen molar-refractivity contribution in [1.82, 2.24) is 5.32 Å². The van der Waals surface area contributed by atoms with Crippen molar-refractivity contribution in [3.63, 3.8) is 0 Å². The van der Waals surface area contributed by atoms with Gasteiger partial charge in [-0.25, -0.2) is 4.79 Å². The number of ketones is 1. The van der Waals surface area contributed by atoms with Gasteiger partial charge in [0.05, 0.1) is 0 Å². The van der Waals surface area contributed by atoms with Gasteiger partial charge in [0.1, 0.15) is 16.9 Å². The fourth-order valence-corrected chi connectivity index (χ4v) is 9.20. The molecule has 6 heteroatoms. The molecule has 0 saturated carbocycles. The average molecular weight is 515 g/mol. The Morgan fingerprint density at radius 1 is 0.838 bits per heavy atom. The largest absolute Gasteiger partial charge is 0.465 e. The first kappa shape index (κ1) is 28.0. The second-order valence-electron chi connectivity index (χ2n) is 10.2. The van der Waals surface area contributed by atoms with E-state index in [4.69, 9.17) is 0 Å². The lowest BCUT2D eigenvalue weighted by Gasteiger charge is -2.44. The zero-order chi connectivity index (χ0) is 27.1. The van der Waals surface area contributed by atoms with Gasteiger partial charge in [0.2, 0.25) is 0 Å². The summed E-state index contributed by atoms with van der Waals surface area (Å²) in [6, 6.07) is 31.4. The minimum Gasteiger partial charge on any atom is -0.465 e. The van der Waals surface area contributed by atoms with Crippen molar-refractivity contribution in [3.05, 3.63) is 91.0 Å². The van der Waals surface area contributed by atoms with E-state index in [0.717, 1.165) is 22.3 Å². The zero-order valence-electron chi connectivity index (χ0n) is 21.9. The van der Waals surface area contributed by atoms with Crippen molar-refractivity contribution in [2.75, 3.05) is 0 Å². The van der Waals surface area contributed by atoms with Crippen LogP contribution in [0.5, 0.6) is 0 Å². The van der Waals surface area contributed by atoms with Crippen LogP contribution in [0.3, 0.4) is 0 Å². The van der Waals surface area contributed by atoms with Crippen molar-refractivity contribution in [2.24, 2.45) is 5.41 Å². The number of benzene rings is 3. The van der Waals surface area contributed by atoms with E-state index in [1.807, 2.05) is 119 Å². The van der Waals surface area contributed by atoms with Crippen LogP contribution in [0.2, 0.25) is 0 Å². The summed E-state index contributed by atoms with van der Waals surface area (Å²) in [6.45, 7) is 4.60. The Labute approximate surface area is 220 Å². The molecule has 5 nitrogen and oxygen atoms in total. The lowest BCUT2D eigenvalue weighted by molar-refractivity contribution is -0.123. The summed E-state index contributed by atoms with van der Waals surface area (Å²) in [5.74, 6) is -0.455. The summed E-state index contributed by atoms with van der Waals surface area (Å²) in [4.78, 5) is 27.0. The minimum atomic E-state index is -2.99. The number of hydrogen-bond donors (Lipinski definition) is 2. The van der Waals surface area contributed by atoms with Gasteiger partial charge >= 0.3 is 6.09 Å². The Bertz CT molecular complexity index is 1220. The van der Waals surface area contributed by atoms with Crippen LogP contribution >= 0.6 is 6.89 Å². The maximum atomic E-state index is 14.9. The maximum absolute atomic E-state index is 14.9. The third kappa shape index (κ3) is 5.26. The Balaban J connectivity index is 2.61. The number of carboxylic acid groups (broad SMARTS) is 1. The molecule has 1 atom stereocenters. The molecule has 3 aromatic carbocycles. The second-order valence-corrected chi connectivity index (χ2v) is 13.5. The van der Waals surface area contributed by atoms with Crippen LogP contribution in [-0.2, 0) is 4.79 Å². The number of hydrogen-bond acceptors (Lipinski definition) is 3. The number of nitrogens with one attached hydrogen (secondary N) is 1. The van der Waals surface area contributed by atoms with E-state index in [-0.39, 0.29) is 5.29 Å². The molecule has 0 spiro atoms. The first-order chi connectivity index (χ1) is 17.6. The molecule has 0 fully saturated rings. The maximum Gasteiger partial charge on any atom is 0.405 e. The van der Waals surface area contributed by atoms with Gasteiger partial charge in [0.25, 0.3) is 0 Å². The predicted octanol–water partition coefficient (Wildman–Crippen LogP) is 5.49. The SMILES string of the molecule is CCCCC(NC(=O)O)(C(=O)C(C#N)=P(c1ccccc1)(c1ccccc1)c1ccccc1)C(C)(C)C. The molecular formula is C31H35N2O3P. The highest BCUT2D eigenvalue weighted by Crippen LogP contribution is 2.48. The van der Waals surface area contributed by atoms with Crippen LogP contribution in [0.1, 0.15) is 47.0 Å². The highest BCUT2D eigenvalue weighted by Gasteiger charge is 2.52. The molecule has 0 heterocycles. The molecule has 2 N–H and O–H groups in total. The average Bonchev–Trinajstić information content (AvgIpc) is 2.90. The normalized spacial score (nSPS) is 13.2. The smallest absolute Gasteiger partial charge is 0.405 e. The molecule has 0 bridgehead atoms. The zero-order valence-corrected chi connectivity index (χ0v) is 22.8. The summed E-state index contributed by atoms with van der Waals surface area (Å²) in [7, 11) is 0. The van der Waals surface area contributed by atoms with Crippen molar-refractivity contribution < 1.29 is 14.7 Å². The van der Waals surface area contributed by atoms with Gasteiger partial charge in [-0.1, -0.05) is 132 Å². The molecule has 1 amide bonds. The van der Waals surface area contributed by atoms with Gasteiger partial charge in [-0.05, 0) is 34.6 Å². The second kappa shape index (κ2) is 11.6. The number of rotatable bonds is 9. The molecule has 0 aliphatic heterocycles. The van der Waals surface area contributed by atoms with Crippen LogP contribution in [0.15, 0.2) is 91.0 Å². The first-order valence-electron chi connectivity index (χ1n) is 12.5. The van der Waals surface area contributed by atoms with E-state index in [1.54, 1.807) is 0 Å². The van der Waals surface area contributed by atoms with E-state index < -0.39 is 29.7 Å². The van der Waals surface area contributed by atoms with E-state index >= 15 is 0 Å². The third-order valence-electron chi connectivity index (χ3n) is 6.98. The highest BCUT2D eigenvalue weighted by atomic mass is 31.2. The molecule has 0 radical (unpaired) electrons. The number of amides is 1.